The van der Waals surface area contributed by atoms with E-state index in [0.29, 0.717) is 17.9 Å². The van der Waals surface area contributed by atoms with E-state index in [1.165, 1.54) is 12.8 Å². The third kappa shape index (κ3) is 3.41. The molecule has 0 aromatic carbocycles. The Morgan fingerprint density at radius 1 is 1.15 bits per heavy atom. The lowest BCUT2D eigenvalue weighted by Gasteiger charge is -2.23. The van der Waals surface area contributed by atoms with Crippen molar-refractivity contribution in [2.24, 2.45) is 5.92 Å². The van der Waals surface area contributed by atoms with Crippen molar-refractivity contribution in [2.75, 3.05) is 17.2 Å². The average Bonchev–Trinajstić information content (AvgIpc) is 3.23. The van der Waals surface area contributed by atoms with E-state index < -0.39 is 0 Å². The normalized spacial score (nSPS) is 16.3. The Balaban J connectivity index is 2.29. The summed E-state index contributed by atoms with van der Waals surface area (Å²) < 4.78 is 0. The van der Waals surface area contributed by atoms with Gasteiger partial charge in [-0.1, -0.05) is 20.8 Å². The maximum absolute atomic E-state index is 4.79. The van der Waals surface area contributed by atoms with Gasteiger partial charge in [-0.25, -0.2) is 9.97 Å². The van der Waals surface area contributed by atoms with Gasteiger partial charge in [-0.05, 0) is 39.0 Å². The van der Waals surface area contributed by atoms with Crippen molar-refractivity contribution >= 4 is 11.6 Å². The van der Waals surface area contributed by atoms with E-state index in [9.17, 15) is 0 Å². The molecule has 1 aromatic rings. The lowest BCUT2D eigenvalue weighted by Crippen LogP contribution is -2.26. The highest BCUT2D eigenvalue weighted by Crippen LogP contribution is 2.39. The summed E-state index contributed by atoms with van der Waals surface area (Å²) >= 11 is 0. The van der Waals surface area contributed by atoms with Crippen molar-refractivity contribution in [3.8, 4) is 0 Å². The van der Waals surface area contributed by atoms with Crippen LogP contribution in [-0.4, -0.2) is 22.6 Å². The fraction of sp³-hybridized carbons (Fsp3) is 0.750. The zero-order valence-corrected chi connectivity index (χ0v) is 13.5. The Morgan fingerprint density at radius 3 is 2.30 bits per heavy atom. The predicted octanol–water partition coefficient (Wildman–Crippen LogP) is 3.94. The number of anilines is 2. The van der Waals surface area contributed by atoms with Crippen LogP contribution in [0.15, 0.2) is 0 Å². The molecular formula is C16H28N4. The van der Waals surface area contributed by atoms with Crippen LogP contribution in [0.3, 0.4) is 0 Å². The molecule has 4 heteroatoms. The summed E-state index contributed by atoms with van der Waals surface area (Å²) in [6, 6.07) is 0.463. The van der Waals surface area contributed by atoms with Gasteiger partial charge in [-0.2, -0.15) is 0 Å². The first-order chi connectivity index (χ1) is 9.56. The van der Waals surface area contributed by atoms with Crippen molar-refractivity contribution in [3.05, 3.63) is 11.4 Å². The molecule has 0 bridgehead atoms. The van der Waals surface area contributed by atoms with E-state index in [4.69, 9.17) is 9.97 Å². The number of aromatic nitrogens is 2. The Labute approximate surface area is 122 Å². The Hall–Kier alpha value is -1.32. The van der Waals surface area contributed by atoms with Gasteiger partial charge in [0.25, 0.3) is 0 Å². The van der Waals surface area contributed by atoms with E-state index in [1.54, 1.807) is 0 Å². The lowest BCUT2D eigenvalue weighted by molar-refractivity contribution is 0.509. The number of nitrogens with zero attached hydrogens (tertiary/aromatic N) is 2. The zero-order valence-electron chi connectivity index (χ0n) is 13.5. The SMILES string of the molecule is CCNc1nc(C2CC2)nc(NC(CC)C(C)C)c1C. The lowest BCUT2D eigenvalue weighted by atomic mass is 10.0. The van der Waals surface area contributed by atoms with Crippen LogP contribution in [0.25, 0.3) is 0 Å². The molecule has 1 aliphatic carbocycles. The molecule has 1 aliphatic rings. The first kappa shape index (κ1) is 15.1. The predicted molar refractivity (Wildman–Crippen MR) is 85.4 cm³/mol. The van der Waals surface area contributed by atoms with Gasteiger partial charge in [0.1, 0.15) is 17.5 Å². The van der Waals surface area contributed by atoms with Crippen molar-refractivity contribution in [2.45, 2.75) is 65.8 Å². The van der Waals surface area contributed by atoms with Crippen LogP contribution in [-0.2, 0) is 0 Å². The van der Waals surface area contributed by atoms with E-state index >= 15 is 0 Å². The summed E-state index contributed by atoms with van der Waals surface area (Å²) in [6.07, 6.45) is 3.57. The average molecular weight is 276 g/mol. The van der Waals surface area contributed by atoms with Crippen LogP contribution in [0.2, 0.25) is 0 Å². The minimum Gasteiger partial charge on any atom is -0.370 e. The van der Waals surface area contributed by atoms with Gasteiger partial charge in [-0.15, -0.1) is 0 Å². The fourth-order valence-corrected chi connectivity index (χ4v) is 2.45. The van der Waals surface area contributed by atoms with Gasteiger partial charge < -0.3 is 10.6 Å². The fourth-order valence-electron chi connectivity index (χ4n) is 2.45. The molecule has 1 aromatic heterocycles. The molecule has 1 heterocycles. The van der Waals surface area contributed by atoms with Gasteiger partial charge in [0, 0.05) is 24.1 Å². The third-order valence-corrected chi connectivity index (χ3v) is 4.02. The molecule has 2 rings (SSSR count). The molecule has 2 N–H and O–H groups in total. The van der Waals surface area contributed by atoms with Crippen molar-refractivity contribution in [3.63, 3.8) is 0 Å². The van der Waals surface area contributed by atoms with Crippen LogP contribution in [0, 0.1) is 12.8 Å². The molecule has 4 nitrogen and oxygen atoms in total. The van der Waals surface area contributed by atoms with E-state index in [2.05, 4.69) is 45.3 Å². The highest BCUT2D eigenvalue weighted by Gasteiger charge is 2.28. The van der Waals surface area contributed by atoms with Gasteiger partial charge >= 0.3 is 0 Å². The minimum atomic E-state index is 0.463. The van der Waals surface area contributed by atoms with E-state index in [0.717, 1.165) is 36.0 Å². The Bertz CT molecular complexity index is 452. The van der Waals surface area contributed by atoms with Gasteiger partial charge in [0.15, 0.2) is 0 Å². The standard InChI is InChI=1S/C16H28N4/c1-6-13(10(3)4)18-15-11(5)14(17-7-2)19-16(20-15)12-8-9-12/h10,12-13H,6-9H2,1-5H3,(H2,17,18,19,20). The Kier molecular flexibility index (Phi) is 4.84. The van der Waals surface area contributed by atoms with Crippen LogP contribution >= 0.6 is 0 Å². The number of hydrogen-bond acceptors (Lipinski definition) is 4. The summed E-state index contributed by atoms with van der Waals surface area (Å²) in [5.74, 6) is 4.19. The van der Waals surface area contributed by atoms with Crippen molar-refractivity contribution in [1.29, 1.82) is 0 Å². The highest BCUT2D eigenvalue weighted by molar-refractivity contribution is 5.58. The van der Waals surface area contributed by atoms with Gasteiger partial charge in [0.2, 0.25) is 0 Å². The Morgan fingerprint density at radius 2 is 1.80 bits per heavy atom. The third-order valence-electron chi connectivity index (χ3n) is 4.02. The maximum Gasteiger partial charge on any atom is 0.136 e. The van der Waals surface area contributed by atoms with Crippen molar-refractivity contribution in [1.82, 2.24) is 9.97 Å². The first-order valence-corrected chi connectivity index (χ1v) is 7.95. The quantitative estimate of drug-likeness (QED) is 0.792. The summed E-state index contributed by atoms with van der Waals surface area (Å²) in [7, 11) is 0. The van der Waals surface area contributed by atoms with Crippen LogP contribution in [0.4, 0.5) is 11.6 Å². The maximum atomic E-state index is 4.79. The minimum absolute atomic E-state index is 0.463. The molecular weight excluding hydrogens is 248 g/mol. The van der Waals surface area contributed by atoms with Gasteiger partial charge in [0.05, 0.1) is 0 Å². The van der Waals surface area contributed by atoms with Crippen LogP contribution < -0.4 is 10.6 Å². The summed E-state index contributed by atoms with van der Waals surface area (Å²) in [4.78, 5) is 9.49. The highest BCUT2D eigenvalue weighted by atomic mass is 15.1. The molecule has 1 unspecified atom stereocenters. The molecule has 0 spiro atoms. The summed E-state index contributed by atoms with van der Waals surface area (Å²) in [6.45, 7) is 11.8. The van der Waals surface area contributed by atoms with Crippen LogP contribution in [0.1, 0.15) is 64.3 Å². The second-order valence-electron chi connectivity index (χ2n) is 6.11. The van der Waals surface area contributed by atoms with E-state index in [-0.39, 0.29) is 0 Å². The second kappa shape index (κ2) is 6.42. The number of hydrogen-bond donors (Lipinski definition) is 2. The molecule has 0 aliphatic heterocycles. The van der Waals surface area contributed by atoms with Gasteiger partial charge in [-0.3, -0.25) is 0 Å². The topological polar surface area (TPSA) is 49.8 Å². The molecule has 0 amide bonds. The smallest absolute Gasteiger partial charge is 0.136 e. The molecule has 1 atom stereocenters. The zero-order chi connectivity index (χ0) is 14.7. The van der Waals surface area contributed by atoms with Crippen molar-refractivity contribution < 1.29 is 0 Å². The molecule has 0 radical (unpaired) electrons. The monoisotopic (exact) mass is 276 g/mol. The second-order valence-corrected chi connectivity index (χ2v) is 6.11. The summed E-state index contributed by atoms with van der Waals surface area (Å²) in [5, 5.41) is 7.00. The first-order valence-electron chi connectivity index (χ1n) is 7.95. The van der Waals surface area contributed by atoms with Crippen LogP contribution in [0.5, 0.6) is 0 Å². The molecule has 20 heavy (non-hydrogen) atoms. The molecule has 112 valence electrons. The summed E-state index contributed by atoms with van der Waals surface area (Å²) in [5.41, 5.74) is 1.13. The molecule has 0 saturated heterocycles. The molecule has 1 fully saturated rings. The van der Waals surface area contributed by atoms with E-state index in [1.807, 2.05) is 0 Å². The molecule has 1 saturated carbocycles. The largest absolute Gasteiger partial charge is 0.370 e. The number of rotatable bonds is 7. The number of nitrogens with one attached hydrogen (secondary N) is 2.